The highest BCUT2D eigenvalue weighted by Gasteiger charge is 2.31. The lowest BCUT2D eigenvalue weighted by Crippen LogP contribution is -2.38. The summed E-state index contributed by atoms with van der Waals surface area (Å²) in [4.78, 5) is 30.2. The minimum atomic E-state index is -0.832. The number of carbonyl (C=O) groups is 1. The fourth-order valence-corrected chi connectivity index (χ4v) is 5.92. The van der Waals surface area contributed by atoms with Crippen molar-refractivity contribution in [3.8, 4) is 23.0 Å². The molecule has 2 N–H and O–H groups in total. The van der Waals surface area contributed by atoms with E-state index in [-0.39, 0.29) is 17.8 Å². The molecule has 5 rings (SSSR count). The Morgan fingerprint density at radius 2 is 1.60 bits per heavy atom. The zero-order chi connectivity index (χ0) is 33.1. The molecule has 0 amide bonds. The van der Waals surface area contributed by atoms with Gasteiger partial charge in [0.25, 0.3) is 0 Å². The van der Waals surface area contributed by atoms with E-state index >= 15 is 0 Å². The third kappa shape index (κ3) is 8.63. The summed E-state index contributed by atoms with van der Waals surface area (Å²) in [5.41, 5.74) is 8.05. The van der Waals surface area contributed by atoms with E-state index in [1.807, 2.05) is 19.9 Å². The molecule has 244 valence electrons. The second-order valence-electron chi connectivity index (χ2n) is 13.8. The first-order valence-electron chi connectivity index (χ1n) is 15.6. The molecule has 0 unspecified atom stereocenters. The number of fused-ring (bicyclic) bond motifs is 1. The van der Waals surface area contributed by atoms with Gasteiger partial charge in [-0.05, 0) is 76.0 Å². The zero-order valence-electron chi connectivity index (χ0n) is 28.3. The fraction of sp³-hybridized carbons (Fsp3) is 0.543. The van der Waals surface area contributed by atoms with Crippen molar-refractivity contribution < 1.29 is 24.5 Å². The van der Waals surface area contributed by atoms with Gasteiger partial charge in [0.2, 0.25) is 5.88 Å². The van der Waals surface area contributed by atoms with E-state index in [1.165, 1.54) is 11.1 Å². The second-order valence-corrected chi connectivity index (χ2v) is 13.8. The number of hydrogen-bond acceptors (Lipinski definition) is 9. The number of pyridine rings is 1. The molecule has 3 aromatic rings. The molecule has 4 heterocycles. The van der Waals surface area contributed by atoms with Gasteiger partial charge >= 0.3 is 12.0 Å². The minimum absolute atomic E-state index is 0.0346. The number of carboxylic acid groups (broad SMARTS) is 1. The van der Waals surface area contributed by atoms with Crippen molar-refractivity contribution in [1.82, 2.24) is 15.0 Å². The van der Waals surface area contributed by atoms with Crippen LogP contribution in [0.5, 0.6) is 11.9 Å². The van der Waals surface area contributed by atoms with Gasteiger partial charge in [0.1, 0.15) is 5.82 Å². The number of methoxy groups -OCH3 is 2. The maximum absolute atomic E-state index is 11.9. The van der Waals surface area contributed by atoms with Crippen LogP contribution in [-0.2, 0) is 24.2 Å². The number of hydrogen-bond donors (Lipinski definition) is 2. The van der Waals surface area contributed by atoms with E-state index in [0.29, 0.717) is 12.4 Å². The first-order valence-corrected chi connectivity index (χ1v) is 15.6. The highest BCUT2D eigenvalue weighted by Crippen LogP contribution is 2.42. The Bertz CT molecular complexity index is 1490. The van der Waals surface area contributed by atoms with Crippen molar-refractivity contribution in [3.05, 3.63) is 52.3 Å². The molecule has 2 aromatic heterocycles. The van der Waals surface area contributed by atoms with Gasteiger partial charge in [0.15, 0.2) is 0 Å². The van der Waals surface area contributed by atoms with Crippen LogP contribution in [0.25, 0.3) is 11.1 Å². The summed E-state index contributed by atoms with van der Waals surface area (Å²) in [5, 5.41) is 18.3. The first-order chi connectivity index (χ1) is 21.1. The summed E-state index contributed by atoms with van der Waals surface area (Å²) in [6.07, 6.45) is 2.95. The highest BCUT2D eigenvalue weighted by atomic mass is 16.5. The third-order valence-electron chi connectivity index (χ3n) is 8.31. The van der Waals surface area contributed by atoms with Crippen LogP contribution in [0.2, 0.25) is 0 Å². The van der Waals surface area contributed by atoms with Crippen LogP contribution in [0.1, 0.15) is 75.5 Å². The number of aryl methyl sites for hydroxylation is 2. The lowest BCUT2D eigenvalue weighted by molar-refractivity contribution is -0.136. The number of aliphatic hydroxyl groups is 1. The van der Waals surface area contributed by atoms with Crippen molar-refractivity contribution in [1.29, 1.82) is 0 Å². The van der Waals surface area contributed by atoms with E-state index in [9.17, 15) is 9.90 Å². The summed E-state index contributed by atoms with van der Waals surface area (Å²) in [6, 6.07) is 8.73. The van der Waals surface area contributed by atoms with Crippen molar-refractivity contribution in [2.24, 2.45) is 5.41 Å². The number of aromatic nitrogens is 3. The highest BCUT2D eigenvalue weighted by molar-refractivity contribution is 5.86. The van der Waals surface area contributed by atoms with E-state index in [4.69, 9.17) is 19.6 Å². The van der Waals surface area contributed by atoms with E-state index < -0.39 is 11.6 Å². The predicted octanol–water partition coefficient (Wildman–Crippen LogP) is 5.77. The second kappa shape index (κ2) is 13.6. The van der Waals surface area contributed by atoms with Gasteiger partial charge < -0.3 is 29.5 Å². The molecule has 0 bridgehead atoms. The molecule has 0 spiro atoms. The SMILES string of the molecule is CC(C)(C)O.COc1cc(N2CCc3cc(-c4c(C)nc(C)c(CC(=O)O)c4N4CCC(C)(C)CC4)ccc3C2)nc(OC)n1. The molecular weight excluding hydrogens is 570 g/mol. The lowest BCUT2D eigenvalue weighted by Gasteiger charge is -2.40. The summed E-state index contributed by atoms with van der Waals surface area (Å²) < 4.78 is 10.6. The molecule has 10 nitrogen and oxygen atoms in total. The number of aliphatic carboxylic acids is 1. The van der Waals surface area contributed by atoms with Gasteiger partial charge in [-0.1, -0.05) is 32.0 Å². The normalized spacial score (nSPS) is 16.0. The molecule has 0 atom stereocenters. The van der Waals surface area contributed by atoms with Gasteiger partial charge in [0, 0.05) is 54.8 Å². The molecule has 1 aromatic carbocycles. The van der Waals surface area contributed by atoms with E-state index in [2.05, 4.69) is 51.8 Å². The Balaban J connectivity index is 0.000000854. The van der Waals surface area contributed by atoms with Crippen molar-refractivity contribution in [3.63, 3.8) is 0 Å². The Kier molecular flexibility index (Phi) is 10.3. The first kappa shape index (κ1) is 34.0. The van der Waals surface area contributed by atoms with Crippen molar-refractivity contribution >= 4 is 17.5 Å². The summed E-state index contributed by atoms with van der Waals surface area (Å²) in [6.45, 7) is 17.1. The molecule has 45 heavy (non-hydrogen) atoms. The Morgan fingerprint density at radius 1 is 0.933 bits per heavy atom. The quantitative estimate of drug-likeness (QED) is 0.337. The van der Waals surface area contributed by atoms with Crippen LogP contribution >= 0.6 is 0 Å². The maximum atomic E-state index is 11.9. The van der Waals surface area contributed by atoms with Crippen LogP contribution < -0.4 is 19.3 Å². The van der Waals surface area contributed by atoms with Gasteiger partial charge in [-0.2, -0.15) is 9.97 Å². The molecule has 0 radical (unpaired) electrons. The van der Waals surface area contributed by atoms with Crippen LogP contribution in [0.3, 0.4) is 0 Å². The van der Waals surface area contributed by atoms with Crippen molar-refractivity contribution in [2.75, 3.05) is 43.7 Å². The number of rotatable bonds is 7. The number of ether oxygens (including phenoxy) is 2. The van der Waals surface area contributed by atoms with Gasteiger partial charge in [-0.15, -0.1) is 0 Å². The number of benzene rings is 1. The Labute approximate surface area is 267 Å². The van der Waals surface area contributed by atoms with E-state index in [0.717, 1.165) is 78.5 Å². The largest absolute Gasteiger partial charge is 0.481 e. The molecule has 10 heteroatoms. The molecule has 1 fully saturated rings. The summed E-state index contributed by atoms with van der Waals surface area (Å²) in [7, 11) is 3.13. The fourth-order valence-electron chi connectivity index (χ4n) is 5.92. The monoisotopic (exact) mass is 619 g/mol. The Hall–Kier alpha value is -3.92. The standard InChI is InChI=1S/C31H39N5O4.C4H10O/c1-19-24(16-27(37)38)29(35-13-10-31(3,4)11-14-35)28(20(2)32-19)22-7-8-23-18-36(12-9-21(23)15-22)25-17-26(39-5)34-30(33-25)40-6;1-4(2,3)5/h7-8,15,17H,9-14,16,18H2,1-6H3,(H,37,38);5H,1-3H3. The van der Waals surface area contributed by atoms with Gasteiger partial charge in [-0.3, -0.25) is 9.78 Å². The molecule has 1 saturated heterocycles. The maximum Gasteiger partial charge on any atom is 0.321 e. The Morgan fingerprint density at radius 3 is 2.20 bits per heavy atom. The van der Waals surface area contributed by atoms with E-state index in [1.54, 1.807) is 35.0 Å². The predicted molar refractivity (Wildman–Crippen MR) is 178 cm³/mol. The van der Waals surface area contributed by atoms with Crippen molar-refractivity contribution in [2.45, 2.75) is 86.3 Å². The van der Waals surface area contributed by atoms with Crippen LogP contribution in [0.15, 0.2) is 24.3 Å². The number of piperidine rings is 1. The number of anilines is 2. The van der Waals surface area contributed by atoms with Gasteiger partial charge in [0.05, 0.1) is 31.9 Å². The minimum Gasteiger partial charge on any atom is -0.481 e. The zero-order valence-corrected chi connectivity index (χ0v) is 28.3. The number of carboxylic acids is 1. The van der Waals surface area contributed by atoms with Crippen LogP contribution in [0, 0.1) is 19.3 Å². The summed E-state index contributed by atoms with van der Waals surface area (Å²) in [5.74, 6) is 0.406. The summed E-state index contributed by atoms with van der Waals surface area (Å²) >= 11 is 0. The van der Waals surface area contributed by atoms with Gasteiger partial charge in [-0.25, -0.2) is 0 Å². The molecule has 0 aliphatic carbocycles. The smallest absolute Gasteiger partial charge is 0.321 e. The average molecular weight is 620 g/mol. The molecule has 2 aliphatic heterocycles. The van der Waals surface area contributed by atoms with Crippen LogP contribution in [-0.4, -0.2) is 70.6 Å². The molecule has 2 aliphatic rings. The third-order valence-corrected chi connectivity index (χ3v) is 8.31. The van der Waals surface area contributed by atoms with Crippen LogP contribution in [0.4, 0.5) is 11.5 Å². The molecular formula is C35H49N5O5. The number of nitrogens with zero attached hydrogens (tertiary/aromatic N) is 5. The topological polar surface area (TPSA) is 121 Å². The lowest BCUT2D eigenvalue weighted by atomic mass is 9.82. The average Bonchev–Trinajstić information content (AvgIpc) is 2.96. The molecule has 0 saturated carbocycles.